The van der Waals surface area contributed by atoms with Crippen LogP contribution in [-0.2, 0) is 4.74 Å². The van der Waals surface area contributed by atoms with Gasteiger partial charge < -0.3 is 53.3 Å². The maximum absolute atomic E-state index is 14.1. The van der Waals surface area contributed by atoms with E-state index in [9.17, 15) is 25.2 Å². The van der Waals surface area contributed by atoms with Crippen LogP contribution in [0.25, 0.3) is 22.3 Å². The Morgan fingerprint density at radius 2 is 1.35 bits per heavy atom. The van der Waals surface area contributed by atoms with Crippen molar-refractivity contribution in [2.75, 3.05) is 33.5 Å². The fourth-order valence-electron chi connectivity index (χ4n) is 5.58. The molecule has 49 heavy (non-hydrogen) atoms. The second kappa shape index (κ2) is 19.0. The highest BCUT2D eigenvalue weighted by atomic mass is 16.7. The zero-order valence-electron chi connectivity index (χ0n) is 29.0. The summed E-state index contributed by atoms with van der Waals surface area (Å²) in [6.07, 6.45) is 1.18. The van der Waals surface area contributed by atoms with E-state index in [1.165, 1.54) is 19.2 Å². The molecule has 0 saturated carbocycles. The maximum atomic E-state index is 14.1. The number of hydrogen-bond donors (Lipinski definition) is 4. The van der Waals surface area contributed by atoms with E-state index in [4.69, 9.17) is 32.8 Å². The Kier molecular flexibility index (Phi) is 14.8. The van der Waals surface area contributed by atoms with Gasteiger partial charge in [0.15, 0.2) is 17.3 Å². The van der Waals surface area contributed by atoms with E-state index in [1.54, 1.807) is 18.2 Å². The van der Waals surface area contributed by atoms with Gasteiger partial charge in [-0.2, -0.15) is 0 Å². The first kappa shape index (κ1) is 38.3. The first-order valence-electron chi connectivity index (χ1n) is 17.5. The number of unbranched alkanes of at least 4 members (excludes halogenated alkanes) is 6. The van der Waals surface area contributed by atoms with Crippen molar-refractivity contribution in [3.63, 3.8) is 0 Å². The van der Waals surface area contributed by atoms with Gasteiger partial charge in [-0.15, -0.1) is 0 Å². The molecule has 5 atom stereocenters. The molecule has 1 aliphatic heterocycles. The minimum Gasteiger partial charge on any atom is -0.493 e. The Balaban J connectivity index is 1.78. The van der Waals surface area contributed by atoms with E-state index in [0.29, 0.717) is 36.9 Å². The molecular formula is C37H52O12. The number of ether oxygens (including phenoxy) is 6. The van der Waals surface area contributed by atoms with Crippen LogP contribution in [0.15, 0.2) is 39.5 Å². The highest BCUT2D eigenvalue weighted by Gasteiger charge is 2.44. The van der Waals surface area contributed by atoms with E-state index in [0.717, 1.165) is 57.8 Å². The predicted molar refractivity (Wildman–Crippen MR) is 184 cm³/mol. The van der Waals surface area contributed by atoms with Gasteiger partial charge in [0, 0.05) is 17.7 Å². The number of rotatable bonds is 20. The Labute approximate surface area is 287 Å². The number of methoxy groups -OCH3 is 1. The molecule has 0 radical (unpaired) electrons. The fourth-order valence-corrected chi connectivity index (χ4v) is 5.58. The summed E-state index contributed by atoms with van der Waals surface area (Å²) in [6.45, 7) is 7.07. The molecule has 0 amide bonds. The third-order valence-corrected chi connectivity index (χ3v) is 8.42. The molecule has 272 valence electrons. The van der Waals surface area contributed by atoms with Gasteiger partial charge in [-0.3, -0.25) is 4.79 Å². The van der Waals surface area contributed by atoms with Gasteiger partial charge in [-0.25, -0.2) is 0 Å². The SMILES string of the molecule is CCCCCOc1ccc(-c2oc3cc(O[C@@H]4OC(CO)[C@@H](O)C(O)C4O)cc(OCCCCC)c3c(=O)c2OC)cc1OCCCCC. The Morgan fingerprint density at radius 1 is 0.735 bits per heavy atom. The second-order valence-corrected chi connectivity index (χ2v) is 12.2. The number of aliphatic hydroxyl groups is 4. The van der Waals surface area contributed by atoms with Gasteiger partial charge in [0.25, 0.3) is 0 Å². The summed E-state index contributed by atoms with van der Waals surface area (Å²) in [5.41, 5.74) is 0.167. The van der Waals surface area contributed by atoms with Gasteiger partial charge >= 0.3 is 0 Å². The summed E-state index contributed by atoms with van der Waals surface area (Å²) in [6, 6.07) is 8.26. The quantitative estimate of drug-likeness (QED) is 0.113. The molecular weight excluding hydrogens is 636 g/mol. The smallest absolute Gasteiger partial charge is 0.239 e. The molecule has 2 aromatic carbocycles. The summed E-state index contributed by atoms with van der Waals surface area (Å²) < 4.78 is 41.8. The number of fused-ring (bicyclic) bond motifs is 1. The lowest BCUT2D eigenvalue weighted by molar-refractivity contribution is -0.277. The van der Waals surface area contributed by atoms with Crippen molar-refractivity contribution in [2.24, 2.45) is 0 Å². The summed E-state index contributed by atoms with van der Waals surface area (Å²) >= 11 is 0. The molecule has 12 heteroatoms. The summed E-state index contributed by atoms with van der Waals surface area (Å²) in [7, 11) is 1.40. The third-order valence-electron chi connectivity index (χ3n) is 8.42. The van der Waals surface area contributed by atoms with Crippen LogP contribution in [0.5, 0.6) is 28.7 Å². The first-order valence-corrected chi connectivity index (χ1v) is 17.5. The Morgan fingerprint density at radius 3 is 1.94 bits per heavy atom. The van der Waals surface area contributed by atoms with Crippen molar-refractivity contribution in [2.45, 2.75) is 109 Å². The molecule has 2 heterocycles. The molecule has 3 unspecified atom stereocenters. The van der Waals surface area contributed by atoms with Gasteiger partial charge in [0.2, 0.25) is 17.5 Å². The van der Waals surface area contributed by atoms with Crippen LogP contribution in [-0.4, -0.2) is 84.7 Å². The topological polar surface area (TPSA) is 167 Å². The van der Waals surface area contributed by atoms with E-state index in [2.05, 4.69) is 20.8 Å². The average molecular weight is 689 g/mol. The minimum absolute atomic E-state index is 0.0259. The van der Waals surface area contributed by atoms with Crippen molar-refractivity contribution in [1.29, 1.82) is 0 Å². The van der Waals surface area contributed by atoms with E-state index >= 15 is 0 Å². The van der Waals surface area contributed by atoms with E-state index in [1.807, 2.05) is 0 Å². The lowest BCUT2D eigenvalue weighted by Gasteiger charge is -2.39. The largest absolute Gasteiger partial charge is 0.493 e. The second-order valence-electron chi connectivity index (χ2n) is 12.2. The van der Waals surface area contributed by atoms with Gasteiger partial charge in [0.1, 0.15) is 46.9 Å². The molecule has 1 fully saturated rings. The van der Waals surface area contributed by atoms with Crippen molar-refractivity contribution in [3.8, 4) is 40.1 Å². The molecule has 3 aromatic rings. The van der Waals surface area contributed by atoms with Gasteiger partial charge in [-0.1, -0.05) is 59.3 Å². The van der Waals surface area contributed by atoms with Crippen LogP contribution < -0.4 is 29.1 Å². The van der Waals surface area contributed by atoms with E-state index < -0.39 is 42.7 Å². The molecule has 0 spiro atoms. The Bertz CT molecular complexity index is 1520. The van der Waals surface area contributed by atoms with Crippen LogP contribution in [0.4, 0.5) is 0 Å². The third kappa shape index (κ3) is 9.58. The average Bonchev–Trinajstić information content (AvgIpc) is 3.10. The summed E-state index contributed by atoms with van der Waals surface area (Å²) in [4.78, 5) is 14.1. The maximum Gasteiger partial charge on any atom is 0.239 e. The number of benzene rings is 2. The number of hydrogen-bond acceptors (Lipinski definition) is 12. The minimum atomic E-state index is -1.64. The zero-order valence-corrected chi connectivity index (χ0v) is 29.0. The predicted octanol–water partition coefficient (Wildman–Crippen LogP) is 5.35. The first-order chi connectivity index (χ1) is 23.8. The van der Waals surface area contributed by atoms with Crippen LogP contribution >= 0.6 is 0 Å². The summed E-state index contributed by atoms with van der Waals surface area (Å²) in [5, 5.41) is 40.9. The highest BCUT2D eigenvalue weighted by Crippen LogP contribution is 2.40. The van der Waals surface area contributed by atoms with Gasteiger partial charge in [0.05, 0.1) is 33.5 Å². The zero-order chi connectivity index (χ0) is 35.3. The highest BCUT2D eigenvalue weighted by molar-refractivity contribution is 5.88. The molecule has 4 N–H and O–H groups in total. The van der Waals surface area contributed by atoms with Crippen molar-refractivity contribution in [3.05, 3.63) is 40.6 Å². The standard InChI is InChI=1S/C37H52O12/c1-5-8-11-16-44-25-15-14-23(19-26(25)45-17-12-9-6-2)35-36(43-4)32(40)30-27(46-18-13-10-7-3)20-24(21-28(30)48-35)47-37-34(42)33(41)31(39)29(22-38)49-37/h14-15,19-21,29,31,33-34,37-39,41-42H,5-13,16-18,22H2,1-4H3/t29?,31-,33?,34?,37-/m1/s1. The van der Waals surface area contributed by atoms with Crippen molar-refractivity contribution in [1.82, 2.24) is 0 Å². The van der Waals surface area contributed by atoms with E-state index in [-0.39, 0.29) is 34.0 Å². The fraction of sp³-hybridized carbons (Fsp3) is 0.595. The normalized spacial score (nSPS) is 20.7. The monoisotopic (exact) mass is 688 g/mol. The Hall–Kier alpha value is -3.55. The molecule has 0 bridgehead atoms. The molecule has 1 aliphatic rings. The lowest BCUT2D eigenvalue weighted by Crippen LogP contribution is -2.60. The van der Waals surface area contributed by atoms with Crippen LogP contribution in [0.3, 0.4) is 0 Å². The summed E-state index contributed by atoms with van der Waals surface area (Å²) in [5.74, 6) is 1.51. The molecule has 12 nitrogen and oxygen atoms in total. The van der Waals surface area contributed by atoms with Crippen LogP contribution in [0.2, 0.25) is 0 Å². The number of aliphatic hydroxyl groups excluding tert-OH is 4. The van der Waals surface area contributed by atoms with Crippen molar-refractivity contribution >= 4 is 11.0 Å². The molecule has 1 aromatic heterocycles. The van der Waals surface area contributed by atoms with Gasteiger partial charge in [-0.05, 0) is 37.5 Å². The lowest BCUT2D eigenvalue weighted by atomic mass is 9.99. The van der Waals surface area contributed by atoms with Crippen molar-refractivity contribution < 1.29 is 53.3 Å². The molecule has 1 saturated heterocycles. The molecule has 4 rings (SSSR count). The van der Waals surface area contributed by atoms with Crippen LogP contribution in [0, 0.1) is 0 Å². The molecule has 0 aliphatic carbocycles. The van der Waals surface area contributed by atoms with Crippen LogP contribution in [0.1, 0.15) is 78.6 Å².